The van der Waals surface area contributed by atoms with Crippen LogP contribution in [0.4, 0.5) is 0 Å². The molecule has 1 fully saturated rings. The van der Waals surface area contributed by atoms with Crippen LogP contribution in [0, 0.1) is 0 Å². The average molecular weight is 300 g/mol. The molecular formula is C16H14BrN. The van der Waals surface area contributed by atoms with E-state index < -0.39 is 0 Å². The number of para-hydroxylation sites is 1. The van der Waals surface area contributed by atoms with E-state index >= 15 is 0 Å². The molecule has 1 aliphatic carbocycles. The predicted molar refractivity (Wildman–Crippen MR) is 69.9 cm³/mol. The minimum absolute atomic E-state index is 0. The lowest BCUT2D eigenvalue weighted by Crippen LogP contribution is -3.00. The van der Waals surface area contributed by atoms with Gasteiger partial charge in [-0.3, -0.25) is 0 Å². The van der Waals surface area contributed by atoms with Crippen LogP contribution in [0.5, 0.6) is 0 Å². The predicted octanol–water partition coefficient (Wildman–Crippen LogP) is 0.619. The lowest BCUT2D eigenvalue weighted by molar-refractivity contribution is -0.673. The summed E-state index contributed by atoms with van der Waals surface area (Å²) in [4.78, 5) is 0. The first-order valence-electron chi connectivity index (χ1n) is 6.25. The Kier molecular flexibility index (Phi) is 2.83. The topological polar surface area (TPSA) is 3.88 Å². The Morgan fingerprint density at radius 1 is 0.833 bits per heavy atom. The molecule has 4 rings (SSSR count). The Morgan fingerprint density at radius 2 is 1.50 bits per heavy atom. The minimum Gasteiger partial charge on any atom is -1.00 e. The van der Waals surface area contributed by atoms with Gasteiger partial charge in [0.15, 0.2) is 12.2 Å². The second kappa shape index (κ2) is 4.36. The maximum atomic E-state index is 2.46. The molecule has 1 aliphatic rings. The summed E-state index contributed by atoms with van der Waals surface area (Å²) in [6.07, 6.45) is 4.97. The maximum Gasteiger partial charge on any atom is 0.213 e. The number of rotatable bonds is 1. The Morgan fingerprint density at radius 3 is 2.28 bits per heavy atom. The van der Waals surface area contributed by atoms with Gasteiger partial charge in [0.25, 0.3) is 0 Å². The molecule has 18 heavy (non-hydrogen) atoms. The summed E-state index contributed by atoms with van der Waals surface area (Å²) in [5.41, 5.74) is 1.37. The molecule has 0 radical (unpaired) electrons. The molecule has 2 aromatic carbocycles. The molecule has 2 heteroatoms. The lowest BCUT2D eigenvalue weighted by atomic mass is 10.1. The highest BCUT2D eigenvalue weighted by molar-refractivity contribution is 6.03. The molecule has 1 heterocycles. The summed E-state index contributed by atoms with van der Waals surface area (Å²) in [5, 5.41) is 4.08. The van der Waals surface area contributed by atoms with Crippen molar-refractivity contribution in [2.45, 2.75) is 18.9 Å². The van der Waals surface area contributed by atoms with Gasteiger partial charge in [-0.15, -0.1) is 0 Å². The summed E-state index contributed by atoms with van der Waals surface area (Å²) in [6.45, 7) is 0. The van der Waals surface area contributed by atoms with Crippen LogP contribution in [0.25, 0.3) is 21.7 Å². The molecule has 0 spiro atoms. The van der Waals surface area contributed by atoms with Crippen molar-refractivity contribution in [2.75, 3.05) is 0 Å². The molecule has 1 nitrogen and oxygen atoms in total. The van der Waals surface area contributed by atoms with Gasteiger partial charge in [0.1, 0.15) is 0 Å². The number of pyridine rings is 1. The number of hydrogen-bond acceptors (Lipinski definition) is 0. The molecule has 0 unspecified atom stereocenters. The number of hydrogen-bond donors (Lipinski definition) is 0. The summed E-state index contributed by atoms with van der Waals surface area (Å²) < 4.78 is 2.46. The van der Waals surface area contributed by atoms with Gasteiger partial charge in [-0.2, -0.15) is 4.57 Å². The van der Waals surface area contributed by atoms with Gasteiger partial charge in [-0.05, 0) is 12.1 Å². The molecule has 0 N–H and O–H groups in total. The van der Waals surface area contributed by atoms with E-state index in [4.69, 9.17) is 0 Å². The van der Waals surface area contributed by atoms with E-state index in [1.165, 1.54) is 34.5 Å². The van der Waals surface area contributed by atoms with Crippen molar-refractivity contribution in [1.82, 2.24) is 0 Å². The highest BCUT2D eigenvalue weighted by Crippen LogP contribution is 2.32. The SMILES string of the molecule is [Br-].c1ccc2c(c1)c[n+](C1CC1)c1ccccc21. The van der Waals surface area contributed by atoms with Crippen molar-refractivity contribution in [3.8, 4) is 0 Å². The second-order valence-electron chi connectivity index (χ2n) is 4.87. The second-order valence-corrected chi connectivity index (χ2v) is 4.87. The van der Waals surface area contributed by atoms with Gasteiger partial charge in [-0.1, -0.05) is 30.3 Å². The van der Waals surface area contributed by atoms with Gasteiger partial charge in [0.05, 0.1) is 5.39 Å². The summed E-state index contributed by atoms with van der Waals surface area (Å²) in [5.74, 6) is 0. The molecule has 1 aromatic heterocycles. The Hall–Kier alpha value is -1.41. The van der Waals surface area contributed by atoms with E-state index in [9.17, 15) is 0 Å². The monoisotopic (exact) mass is 299 g/mol. The van der Waals surface area contributed by atoms with Crippen LogP contribution in [-0.2, 0) is 0 Å². The highest BCUT2D eigenvalue weighted by Gasteiger charge is 2.33. The third-order valence-electron chi connectivity index (χ3n) is 3.65. The minimum atomic E-state index is 0. The van der Waals surface area contributed by atoms with Crippen LogP contribution in [-0.4, -0.2) is 0 Å². The van der Waals surface area contributed by atoms with Crippen LogP contribution in [0.3, 0.4) is 0 Å². The molecule has 0 saturated heterocycles. The number of fused-ring (bicyclic) bond motifs is 3. The number of nitrogens with zero attached hydrogens (tertiary/aromatic N) is 1. The molecule has 0 atom stereocenters. The summed E-state index contributed by atoms with van der Waals surface area (Å²) in [6, 6.07) is 18.1. The largest absolute Gasteiger partial charge is 1.00 e. The first kappa shape index (κ1) is 11.7. The Labute approximate surface area is 117 Å². The van der Waals surface area contributed by atoms with Crippen molar-refractivity contribution < 1.29 is 21.5 Å². The first-order valence-corrected chi connectivity index (χ1v) is 6.25. The fourth-order valence-electron chi connectivity index (χ4n) is 2.66. The van der Waals surface area contributed by atoms with Gasteiger partial charge in [-0.25, -0.2) is 0 Å². The molecule has 1 saturated carbocycles. The van der Waals surface area contributed by atoms with E-state index in [0.717, 1.165) is 6.04 Å². The van der Waals surface area contributed by atoms with Crippen LogP contribution in [0.1, 0.15) is 18.9 Å². The quantitative estimate of drug-likeness (QED) is 0.458. The lowest BCUT2D eigenvalue weighted by Gasteiger charge is -2.04. The van der Waals surface area contributed by atoms with Gasteiger partial charge in [0.2, 0.25) is 5.52 Å². The molecule has 0 aliphatic heterocycles. The van der Waals surface area contributed by atoms with Crippen molar-refractivity contribution in [2.24, 2.45) is 0 Å². The zero-order valence-electron chi connectivity index (χ0n) is 10.0. The first-order chi connectivity index (χ1) is 8.43. The molecular weight excluding hydrogens is 286 g/mol. The fourth-order valence-corrected chi connectivity index (χ4v) is 2.66. The molecule has 0 bridgehead atoms. The van der Waals surface area contributed by atoms with Gasteiger partial charge < -0.3 is 17.0 Å². The Balaban J connectivity index is 0.000001000. The normalized spacial score (nSPS) is 14.7. The smallest absolute Gasteiger partial charge is 0.213 e. The zero-order valence-corrected chi connectivity index (χ0v) is 11.6. The van der Waals surface area contributed by atoms with E-state index in [-0.39, 0.29) is 17.0 Å². The summed E-state index contributed by atoms with van der Waals surface area (Å²) >= 11 is 0. The van der Waals surface area contributed by atoms with Gasteiger partial charge >= 0.3 is 0 Å². The third-order valence-corrected chi connectivity index (χ3v) is 3.65. The van der Waals surface area contributed by atoms with E-state index in [1.807, 2.05) is 0 Å². The average Bonchev–Trinajstić information content (AvgIpc) is 3.22. The van der Waals surface area contributed by atoms with Crippen molar-refractivity contribution in [3.63, 3.8) is 0 Å². The summed E-state index contributed by atoms with van der Waals surface area (Å²) in [7, 11) is 0. The maximum absolute atomic E-state index is 2.46. The van der Waals surface area contributed by atoms with Gasteiger partial charge in [0, 0.05) is 29.7 Å². The molecule has 0 amide bonds. The van der Waals surface area contributed by atoms with E-state index in [0.29, 0.717) is 0 Å². The van der Waals surface area contributed by atoms with Crippen LogP contribution < -0.4 is 21.5 Å². The fraction of sp³-hybridized carbons (Fsp3) is 0.188. The molecule has 3 aromatic rings. The number of aromatic nitrogens is 1. The molecule has 90 valence electrons. The van der Waals surface area contributed by atoms with Crippen molar-refractivity contribution in [1.29, 1.82) is 0 Å². The number of halogens is 1. The third kappa shape index (κ3) is 1.72. The number of benzene rings is 2. The van der Waals surface area contributed by atoms with Crippen LogP contribution in [0.2, 0.25) is 0 Å². The highest BCUT2D eigenvalue weighted by atomic mass is 79.9. The van der Waals surface area contributed by atoms with Crippen molar-refractivity contribution >= 4 is 21.7 Å². The van der Waals surface area contributed by atoms with Crippen molar-refractivity contribution in [3.05, 3.63) is 54.7 Å². The Bertz CT molecular complexity index is 716. The standard InChI is InChI=1S/C16H14N.BrH/c1-2-6-14-12(5-1)11-17(13-9-10-13)16-8-4-3-7-15(14)16;/h1-8,11,13H,9-10H2;1H/q+1;/p-1. The van der Waals surface area contributed by atoms with E-state index in [2.05, 4.69) is 59.3 Å². The van der Waals surface area contributed by atoms with Crippen LogP contribution in [0.15, 0.2) is 54.7 Å². The zero-order chi connectivity index (χ0) is 11.2. The van der Waals surface area contributed by atoms with E-state index in [1.54, 1.807) is 0 Å². The van der Waals surface area contributed by atoms with Crippen LogP contribution >= 0.6 is 0 Å².